The maximum Gasteiger partial charge on any atom is 0.191 e. The van der Waals surface area contributed by atoms with Crippen LogP contribution in [0.5, 0.6) is 0 Å². The van der Waals surface area contributed by atoms with Crippen LogP contribution in [-0.4, -0.2) is 88.5 Å². The van der Waals surface area contributed by atoms with E-state index >= 15 is 0 Å². The quantitative estimate of drug-likeness (QED) is 0.303. The Bertz CT molecular complexity index is 634. The first-order chi connectivity index (χ1) is 14.2. The molecule has 8 heteroatoms. The SMILES string of the molecule is CN=C(NCc1ccccc1CN1CCOCC1)NCC(C)CN1CCOCC1.I. The third-order valence-corrected chi connectivity index (χ3v) is 5.58. The average Bonchev–Trinajstić information content (AvgIpc) is 2.76. The summed E-state index contributed by atoms with van der Waals surface area (Å²) in [6.07, 6.45) is 0. The average molecular weight is 531 g/mol. The van der Waals surface area contributed by atoms with Crippen molar-refractivity contribution in [2.24, 2.45) is 10.9 Å². The molecule has 30 heavy (non-hydrogen) atoms. The molecule has 2 heterocycles. The Labute approximate surface area is 198 Å². The summed E-state index contributed by atoms with van der Waals surface area (Å²) in [6, 6.07) is 8.67. The number of ether oxygens (including phenoxy) is 2. The van der Waals surface area contributed by atoms with Gasteiger partial charge in [-0.15, -0.1) is 24.0 Å². The normalized spacial score (nSPS) is 19.7. The maximum absolute atomic E-state index is 5.47. The number of halogens is 1. The zero-order valence-electron chi connectivity index (χ0n) is 18.4. The van der Waals surface area contributed by atoms with Crippen molar-refractivity contribution in [3.63, 3.8) is 0 Å². The highest BCUT2D eigenvalue weighted by Gasteiger charge is 2.15. The van der Waals surface area contributed by atoms with E-state index in [1.807, 2.05) is 7.05 Å². The largest absolute Gasteiger partial charge is 0.379 e. The van der Waals surface area contributed by atoms with E-state index in [1.54, 1.807) is 0 Å². The molecule has 1 atom stereocenters. The summed E-state index contributed by atoms with van der Waals surface area (Å²) in [5, 5.41) is 6.97. The molecular weight excluding hydrogens is 493 g/mol. The van der Waals surface area contributed by atoms with Gasteiger partial charge in [0.1, 0.15) is 0 Å². The smallest absolute Gasteiger partial charge is 0.191 e. The highest BCUT2D eigenvalue weighted by molar-refractivity contribution is 14.0. The van der Waals surface area contributed by atoms with Crippen molar-refractivity contribution in [1.82, 2.24) is 20.4 Å². The van der Waals surface area contributed by atoms with E-state index in [0.717, 1.165) is 84.7 Å². The van der Waals surface area contributed by atoms with E-state index < -0.39 is 0 Å². The van der Waals surface area contributed by atoms with E-state index in [2.05, 4.69) is 56.6 Å². The Balaban J connectivity index is 0.00000320. The number of benzene rings is 1. The van der Waals surface area contributed by atoms with Gasteiger partial charge in [-0.05, 0) is 17.0 Å². The van der Waals surface area contributed by atoms with Crippen LogP contribution in [-0.2, 0) is 22.6 Å². The Morgan fingerprint density at radius 2 is 1.57 bits per heavy atom. The van der Waals surface area contributed by atoms with Gasteiger partial charge in [-0.1, -0.05) is 31.2 Å². The molecule has 2 aliphatic heterocycles. The molecule has 7 nitrogen and oxygen atoms in total. The maximum atomic E-state index is 5.47. The van der Waals surface area contributed by atoms with Gasteiger partial charge in [0.15, 0.2) is 5.96 Å². The number of aliphatic imine (C=N–C) groups is 1. The lowest BCUT2D eigenvalue weighted by Crippen LogP contribution is -2.43. The number of rotatable bonds is 8. The lowest BCUT2D eigenvalue weighted by Gasteiger charge is -2.29. The summed E-state index contributed by atoms with van der Waals surface area (Å²) in [5.74, 6) is 1.42. The predicted molar refractivity (Wildman–Crippen MR) is 133 cm³/mol. The molecule has 1 aromatic rings. The fourth-order valence-electron chi connectivity index (χ4n) is 3.84. The molecule has 0 spiro atoms. The number of nitrogens with one attached hydrogen (secondary N) is 2. The van der Waals surface area contributed by atoms with Crippen LogP contribution in [0.25, 0.3) is 0 Å². The molecule has 0 aromatic heterocycles. The van der Waals surface area contributed by atoms with Crippen LogP contribution in [0.2, 0.25) is 0 Å². The van der Waals surface area contributed by atoms with Gasteiger partial charge in [0.2, 0.25) is 0 Å². The molecular formula is C22H38IN5O2. The van der Waals surface area contributed by atoms with Crippen LogP contribution in [0.1, 0.15) is 18.1 Å². The molecule has 0 bridgehead atoms. The van der Waals surface area contributed by atoms with Crippen LogP contribution in [0.4, 0.5) is 0 Å². The van der Waals surface area contributed by atoms with Crippen molar-refractivity contribution in [3.8, 4) is 0 Å². The number of hydrogen-bond donors (Lipinski definition) is 2. The zero-order valence-corrected chi connectivity index (χ0v) is 20.8. The van der Waals surface area contributed by atoms with Crippen LogP contribution < -0.4 is 10.6 Å². The number of hydrogen-bond acceptors (Lipinski definition) is 5. The van der Waals surface area contributed by atoms with Gasteiger partial charge in [0, 0.05) is 59.4 Å². The summed E-state index contributed by atoms with van der Waals surface area (Å²) in [6.45, 7) is 13.5. The molecule has 0 radical (unpaired) electrons. The van der Waals surface area contributed by atoms with Gasteiger partial charge in [-0.25, -0.2) is 0 Å². The zero-order chi connectivity index (χ0) is 20.3. The third kappa shape index (κ3) is 8.66. The van der Waals surface area contributed by atoms with Crippen LogP contribution >= 0.6 is 24.0 Å². The first kappa shape index (κ1) is 25.3. The third-order valence-electron chi connectivity index (χ3n) is 5.58. The lowest BCUT2D eigenvalue weighted by atomic mass is 10.1. The van der Waals surface area contributed by atoms with Crippen molar-refractivity contribution in [1.29, 1.82) is 0 Å². The summed E-state index contributed by atoms with van der Waals surface area (Å²) in [7, 11) is 1.83. The Kier molecular flexibility index (Phi) is 12.0. The fourth-order valence-corrected chi connectivity index (χ4v) is 3.84. The first-order valence-corrected chi connectivity index (χ1v) is 10.9. The van der Waals surface area contributed by atoms with E-state index in [1.165, 1.54) is 11.1 Å². The Hall–Kier alpha value is -0.940. The summed E-state index contributed by atoms with van der Waals surface area (Å²) in [5.41, 5.74) is 2.70. The highest BCUT2D eigenvalue weighted by atomic mass is 127. The fraction of sp³-hybridized carbons (Fsp3) is 0.682. The van der Waals surface area contributed by atoms with E-state index in [4.69, 9.17) is 9.47 Å². The minimum absolute atomic E-state index is 0. The molecule has 0 saturated carbocycles. The molecule has 0 amide bonds. The standard InChI is InChI=1S/C22H37N5O2.HI/c1-19(17-26-7-11-28-12-8-26)15-24-22(23-2)25-16-20-5-3-4-6-21(20)18-27-9-13-29-14-10-27;/h3-6,19H,7-18H2,1-2H3,(H2,23,24,25);1H. The summed E-state index contributed by atoms with van der Waals surface area (Å²) in [4.78, 5) is 9.34. The molecule has 1 aromatic carbocycles. The Morgan fingerprint density at radius 1 is 0.967 bits per heavy atom. The van der Waals surface area contributed by atoms with E-state index in [-0.39, 0.29) is 24.0 Å². The molecule has 0 aliphatic carbocycles. The molecule has 1 unspecified atom stereocenters. The van der Waals surface area contributed by atoms with Crippen molar-refractivity contribution in [2.75, 3.05) is 72.7 Å². The van der Waals surface area contributed by atoms with E-state index in [0.29, 0.717) is 5.92 Å². The van der Waals surface area contributed by atoms with Crippen molar-refractivity contribution >= 4 is 29.9 Å². The highest BCUT2D eigenvalue weighted by Crippen LogP contribution is 2.13. The van der Waals surface area contributed by atoms with Crippen LogP contribution in [0.3, 0.4) is 0 Å². The van der Waals surface area contributed by atoms with Gasteiger partial charge in [-0.2, -0.15) is 0 Å². The minimum atomic E-state index is 0. The monoisotopic (exact) mass is 531 g/mol. The predicted octanol–water partition coefficient (Wildman–Crippen LogP) is 1.77. The summed E-state index contributed by atoms with van der Waals surface area (Å²) < 4.78 is 10.9. The van der Waals surface area contributed by atoms with Crippen LogP contribution in [0.15, 0.2) is 29.3 Å². The van der Waals surface area contributed by atoms with Gasteiger partial charge < -0.3 is 20.1 Å². The van der Waals surface area contributed by atoms with Crippen molar-refractivity contribution < 1.29 is 9.47 Å². The van der Waals surface area contributed by atoms with Gasteiger partial charge in [0.05, 0.1) is 26.4 Å². The molecule has 3 rings (SSSR count). The molecule has 2 N–H and O–H groups in total. The first-order valence-electron chi connectivity index (χ1n) is 10.9. The number of guanidine groups is 1. The molecule has 2 fully saturated rings. The summed E-state index contributed by atoms with van der Waals surface area (Å²) >= 11 is 0. The topological polar surface area (TPSA) is 61.4 Å². The second-order valence-electron chi connectivity index (χ2n) is 7.98. The van der Waals surface area contributed by atoms with Crippen LogP contribution in [0, 0.1) is 5.92 Å². The second-order valence-corrected chi connectivity index (χ2v) is 7.98. The number of morpholine rings is 2. The Morgan fingerprint density at radius 3 is 2.20 bits per heavy atom. The lowest BCUT2D eigenvalue weighted by molar-refractivity contribution is 0.0320. The van der Waals surface area contributed by atoms with Gasteiger partial charge in [0.25, 0.3) is 0 Å². The minimum Gasteiger partial charge on any atom is -0.379 e. The van der Waals surface area contributed by atoms with Gasteiger partial charge in [-0.3, -0.25) is 14.8 Å². The van der Waals surface area contributed by atoms with Crippen molar-refractivity contribution in [2.45, 2.75) is 20.0 Å². The van der Waals surface area contributed by atoms with Gasteiger partial charge >= 0.3 is 0 Å². The van der Waals surface area contributed by atoms with E-state index in [9.17, 15) is 0 Å². The molecule has 2 saturated heterocycles. The second kappa shape index (κ2) is 14.2. The van der Waals surface area contributed by atoms with Crippen molar-refractivity contribution in [3.05, 3.63) is 35.4 Å². The number of nitrogens with zero attached hydrogens (tertiary/aromatic N) is 3. The molecule has 170 valence electrons. The molecule has 2 aliphatic rings.